The van der Waals surface area contributed by atoms with Crippen molar-refractivity contribution < 1.29 is 24.2 Å². The third kappa shape index (κ3) is 3.91. The minimum absolute atomic E-state index is 0.0776. The van der Waals surface area contributed by atoms with E-state index in [1.807, 2.05) is 27.7 Å². The first-order chi connectivity index (χ1) is 15.6. The van der Waals surface area contributed by atoms with E-state index in [0.717, 1.165) is 0 Å². The fourth-order valence-electron chi connectivity index (χ4n) is 6.02. The van der Waals surface area contributed by atoms with Crippen molar-refractivity contribution in [3.8, 4) is 0 Å². The Labute approximate surface area is 197 Å². The molecule has 3 amide bonds. The molecule has 0 saturated carbocycles. The Morgan fingerprint density at radius 1 is 1.21 bits per heavy atom. The summed E-state index contributed by atoms with van der Waals surface area (Å²) in [6, 6.07) is -1.54. The van der Waals surface area contributed by atoms with Gasteiger partial charge in [0.25, 0.3) is 0 Å². The largest absolute Gasteiger partial charge is 0.394 e. The molecule has 3 aliphatic heterocycles. The summed E-state index contributed by atoms with van der Waals surface area (Å²) in [5, 5.41) is 10.2. The lowest BCUT2D eigenvalue weighted by Gasteiger charge is -2.41. The van der Waals surface area contributed by atoms with Crippen LogP contribution < -0.4 is 0 Å². The van der Waals surface area contributed by atoms with Crippen molar-refractivity contribution in [2.75, 3.05) is 26.7 Å². The molecule has 6 atom stereocenters. The van der Waals surface area contributed by atoms with Crippen molar-refractivity contribution in [3.05, 3.63) is 25.3 Å². The zero-order valence-electron chi connectivity index (χ0n) is 20.6. The van der Waals surface area contributed by atoms with E-state index in [0.29, 0.717) is 25.9 Å². The summed E-state index contributed by atoms with van der Waals surface area (Å²) in [6.45, 7) is 15.6. The van der Waals surface area contributed by atoms with Crippen LogP contribution in [-0.4, -0.2) is 94.1 Å². The van der Waals surface area contributed by atoms with E-state index in [-0.39, 0.29) is 36.3 Å². The van der Waals surface area contributed by atoms with Crippen LogP contribution >= 0.6 is 0 Å². The molecule has 0 aromatic rings. The summed E-state index contributed by atoms with van der Waals surface area (Å²) >= 11 is 0. The second-order valence-corrected chi connectivity index (χ2v) is 10.2. The highest BCUT2D eigenvalue weighted by Gasteiger charge is 2.75. The van der Waals surface area contributed by atoms with Crippen molar-refractivity contribution in [2.45, 2.75) is 70.4 Å². The Balaban J connectivity index is 2.11. The molecule has 2 bridgehead atoms. The van der Waals surface area contributed by atoms with Gasteiger partial charge >= 0.3 is 0 Å². The first-order valence-electron chi connectivity index (χ1n) is 11.9. The molecule has 8 heteroatoms. The van der Waals surface area contributed by atoms with Crippen LogP contribution in [0.25, 0.3) is 0 Å². The van der Waals surface area contributed by atoms with E-state index in [9.17, 15) is 19.5 Å². The molecule has 3 heterocycles. The first kappa shape index (κ1) is 25.4. The second kappa shape index (κ2) is 9.58. The van der Waals surface area contributed by atoms with Gasteiger partial charge in [0.2, 0.25) is 17.7 Å². The Hall–Kier alpha value is -2.19. The standard InChI is InChI=1S/C25H39N3O5/c1-8-12-26(7)22(30)19-18-10-11-25(33-18)20(19)23(31)28(17(14-29)15(3)4)21(25)24(32)27(13-9-2)16(5)6/h8-9,15-21,29H,1-2,10-14H2,3-7H3/t17-,18+,19-,20-,21?,25?/m0/s1. The van der Waals surface area contributed by atoms with Gasteiger partial charge in [0, 0.05) is 26.2 Å². The molecular formula is C25H39N3O5. The first-order valence-corrected chi connectivity index (χ1v) is 11.9. The summed E-state index contributed by atoms with van der Waals surface area (Å²) in [4.78, 5) is 46.2. The average molecular weight is 462 g/mol. The van der Waals surface area contributed by atoms with Gasteiger partial charge in [0.05, 0.1) is 30.6 Å². The van der Waals surface area contributed by atoms with Crippen LogP contribution in [0.5, 0.6) is 0 Å². The SMILES string of the molecule is C=CCN(C)C(=O)[C@@H]1[C@H]2C(=O)N([C@@H](CO)C(C)C)C(C(=O)N(CC=C)C(C)C)C23CC[C@H]1O3. The van der Waals surface area contributed by atoms with Crippen LogP contribution in [0, 0.1) is 17.8 Å². The topological polar surface area (TPSA) is 90.4 Å². The van der Waals surface area contributed by atoms with Gasteiger partial charge < -0.3 is 24.5 Å². The number of nitrogens with zero attached hydrogens (tertiary/aromatic N) is 3. The van der Waals surface area contributed by atoms with Crippen molar-refractivity contribution in [3.63, 3.8) is 0 Å². The minimum atomic E-state index is -1.06. The van der Waals surface area contributed by atoms with E-state index in [4.69, 9.17) is 4.74 Å². The van der Waals surface area contributed by atoms with Gasteiger partial charge in [-0.15, -0.1) is 13.2 Å². The van der Waals surface area contributed by atoms with E-state index < -0.39 is 35.6 Å². The molecule has 3 aliphatic rings. The van der Waals surface area contributed by atoms with Crippen LogP contribution in [0.15, 0.2) is 25.3 Å². The highest BCUT2D eigenvalue weighted by Crippen LogP contribution is 2.59. The van der Waals surface area contributed by atoms with Gasteiger partial charge in [-0.25, -0.2) is 0 Å². The minimum Gasteiger partial charge on any atom is -0.394 e. The number of carbonyl (C=O) groups excluding carboxylic acids is 3. The molecule has 0 aromatic heterocycles. The van der Waals surface area contributed by atoms with Crippen molar-refractivity contribution >= 4 is 17.7 Å². The second-order valence-electron chi connectivity index (χ2n) is 10.2. The lowest BCUT2D eigenvalue weighted by molar-refractivity contribution is -0.153. The Kier molecular flexibility index (Phi) is 7.39. The molecule has 0 radical (unpaired) electrons. The zero-order chi connectivity index (χ0) is 24.7. The van der Waals surface area contributed by atoms with Crippen molar-refractivity contribution in [1.82, 2.24) is 14.7 Å². The van der Waals surface area contributed by atoms with Crippen LogP contribution in [0.3, 0.4) is 0 Å². The summed E-state index contributed by atoms with van der Waals surface area (Å²) in [7, 11) is 1.69. The number of amides is 3. The fourth-order valence-corrected chi connectivity index (χ4v) is 6.02. The third-order valence-electron chi connectivity index (χ3n) is 7.58. The Morgan fingerprint density at radius 3 is 2.36 bits per heavy atom. The maximum atomic E-state index is 14.0. The number of aliphatic hydroxyl groups excluding tert-OH is 1. The van der Waals surface area contributed by atoms with Crippen LogP contribution in [0.4, 0.5) is 0 Å². The number of fused-ring (bicyclic) bond motifs is 1. The number of hydrogen-bond donors (Lipinski definition) is 1. The molecule has 0 aromatic carbocycles. The molecule has 1 N–H and O–H groups in total. The molecule has 2 unspecified atom stereocenters. The third-order valence-corrected chi connectivity index (χ3v) is 7.58. The maximum absolute atomic E-state index is 14.0. The van der Waals surface area contributed by atoms with Gasteiger partial charge in [-0.05, 0) is 32.6 Å². The van der Waals surface area contributed by atoms with Gasteiger partial charge in [-0.2, -0.15) is 0 Å². The smallest absolute Gasteiger partial charge is 0.248 e. The van der Waals surface area contributed by atoms with Gasteiger partial charge in [0.1, 0.15) is 11.6 Å². The normalized spacial score (nSPS) is 31.2. The molecule has 33 heavy (non-hydrogen) atoms. The zero-order valence-corrected chi connectivity index (χ0v) is 20.6. The molecule has 3 fully saturated rings. The van der Waals surface area contributed by atoms with Gasteiger partial charge in [0.15, 0.2) is 0 Å². The summed E-state index contributed by atoms with van der Waals surface area (Å²) in [5.74, 6) is -2.11. The van der Waals surface area contributed by atoms with Crippen molar-refractivity contribution in [2.24, 2.45) is 17.8 Å². The molecule has 8 nitrogen and oxygen atoms in total. The molecule has 1 spiro atoms. The number of ether oxygens (including phenoxy) is 1. The monoisotopic (exact) mass is 461 g/mol. The highest BCUT2D eigenvalue weighted by atomic mass is 16.5. The predicted octanol–water partition coefficient (Wildman–Crippen LogP) is 1.45. The predicted molar refractivity (Wildman–Crippen MR) is 125 cm³/mol. The number of rotatable bonds is 10. The summed E-state index contributed by atoms with van der Waals surface area (Å²) in [5.41, 5.74) is -1.06. The molecule has 0 aliphatic carbocycles. The molecule has 3 saturated heterocycles. The van der Waals surface area contributed by atoms with E-state index in [2.05, 4.69) is 13.2 Å². The number of aliphatic hydroxyl groups is 1. The van der Waals surface area contributed by atoms with Gasteiger partial charge in [-0.1, -0.05) is 26.0 Å². The van der Waals surface area contributed by atoms with Gasteiger partial charge in [-0.3, -0.25) is 14.4 Å². The van der Waals surface area contributed by atoms with E-state index in [1.165, 1.54) is 0 Å². The fraction of sp³-hybridized carbons (Fsp3) is 0.720. The van der Waals surface area contributed by atoms with Crippen LogP contribution in [0.2, 0.25) is 0 Å². The molecule has 3 rings (SSSR count). The van der Waals surface area contributed by atoms with Crippen LogP contribution in [0.1, 0.15) is 40.5 Å². The van der Waals surface area contributed by atoms with E-state index in [1.54, 1.807) is 33.9 Å². The number of hydrogen-bond acceptors (Lipinski definition) is 5. The quantitative estimate of drug-likeness (QED) is 0.497. The number of likely N-dealkylation sites (N-methyl/N-ethyl adjacent to an activating group) is 1. The maximum Gasteiger partial charge on any atom is 0.248 e. The van der Waals surface area contributed by atoms with E-state index >= 15 is 0 Å². The Morgan fingerprint density at radius 2 is 1.85 bits per heavy atom. The lowest BCUT2D eigenvalue weighted by atomic mass is 9.70. The lowest BCUT2D eigenvalue weighted by Crippen LogP contribution is -2.60. The van der Waals surface area contributed by atoms with Crippen LogP contribution in [-0.2, 0) is 19.1 Å². The number of carbonyl (C=O) groups is 3. The summed E-state index contributed by atoms with van der Waals surface area (Å²) < 4.78 is 6.47. The molecular weight excluding hydrogens is 422 g/mol. The number of likely N-dealkylation sites (tertiary alicyclic amines) is 1. The van der Waals surface area contributed by atoms with Crippen molar-refractivity contribution in [1.29, 1.82) is 0 Å². The highest BCUT2D eigenvalue weighted by molar-refractivity contribution is 5.99. The average Bonchev–Trinajstić information content (AvgIpc) is 3.39. The Bertz CT molecular complexity index is 812. The molecule has 184 valence electrons. The summed E-state index contributed by atoms with van der Waals surface area (Å²) in [6.07, 6.45) is 4.08.